The van der Waals surface area contributed by atoms with E-state index in [1.165, 1.54) is 24.4 Å². The molecule has 0 amide bonds. The van der Waals surface area contributed by atoms with Gasteiger partial charge in [-0.2, -0.15) is 4.37 Å². The molecule has 1 heterocycles. The van der Waals surface area contributed by atoms with E-state index in [2.05, 4.69) is 35.4 Å². The van der Waals surface area contributed by atoms with Crippen LogP contribution in [0.25, 0.3) is 0 Å². The van der Waals surface area contributed by atoms with Crippen LogP contribution in [0.2, 0.25) is 0 Å². The summed E-state index contributed by atoms with van der Waals surface area (Å²) in [6, 6.07) is 0. The second-order valence-electron chi connectivity index (χ2n) is 4.30. The van der Waals surface area contributed by atoms with Gasteiger partial charge in [0.25, 0.3) is 0 Å². The Morgan fingerprint density at radius 3 is 2.62 bits per heavy atom. The summed E-state index contributed by atoms with van der Waals surface area (Å²) in [4.78, 5) is 4.43. The van der Waals surface area contributed by atoms with Gasteiger partial charge in [0.15, 0.2) is 0 Å². The van der Waals surface area contributed by atoms with Crippen molar-refractivity contribution in [2.75, 3.05) is 5.32 Å². The first kappa shape index (κ1) is 8.94. The Morgan fingerprint density at radius 1 is 1.46 bits per heavy atom. The fourth-order valence-electron chi connectivity index (χ4n) is 1.09. The highest BCUT2D eigenvalue weighted by Gasteiger charge is 2.37. The first-order chi connectivity index (χ1) is 6.09. The highest BCUT2D eigenvalue weighted by atomic mass is 32.1. The third-order valence-corrected chi connectivity index (χ3v) is 3.01. The number of aromatic nitrogens is 2. The molecule has 1 N–H and O–H groups in total. The van der Waals surface area contributed by atoms with Gasteiger partial charge in [0.05, 0.1) is 0 Å². The Bertz CT molecular complexity index is 302. The second kappa shape index (κ2) is 2.94. The van der Waals surface area contributed by atoms with Crippen LogP contribution < -0.4 is 5.32 Å². The van der Waals surface area contributed by atoms with Crippen LogP contribution in [0, 0.1) is 0 Å². The van der Waals surface area contributed by atoms with E-state index in [0.717, 1.165) is 11.0 Å². The quantitative estimate of drug-likeness (QED) is 0.809. The molecule has 0 atom stereocenters. The third-order valence-electron chi connectivity index (χ3n) is 2.37. The summed E-state index contributed by atoms with van der Waals surface area (Å²) in [5, 5.41) is 4.39. The van der Waals surface area contributed by atoms with Crippen molar-refractivity contribution in [2.45, 2.75) is 45.1 Å². The van der Waals surface area contributed by atoms with Gasteiger partial charge in [-0.1, -0.05) is 13.8 Å². The highest BCUT2D eigenvalue weighted by molar-refractivity contribution is 7.09. The summed E-state index contributed by atoms with van der Waals surface area (Å²) in [5.41, 5.74) is 0.313. The Morgan fingerprint density at radius 2 is 2.15 bits per heavy atom. The Balaban J connectivity index is 2.05. The van der Waals surface area contributed by atoms with Gasteiger partial charge in [-0.15, -0.1) is 0 Å². The maximum atomic E-state index is 4.43. The van der Waals surface area contributed by atoms with Crippen molar-refractivity contribution in [2.24, 2.45) is 0 Å². The normalized spacial score (nSPS) is 19.1. The van der Waals surface area contributed by atoms with Gasteiger partial charge in [0.2, 0.25) is 5.13 Å². The molecule has 0 aliphatic heterocycles. The van der Waals surface area contributed by atoms with Crippen LogP contribution in [0.1, 0.15) is 45.4 Å². The molecule has 3 nitrogen and oxygen atoms in total. The number of hydrogen-bond donors (Lipinski definition) is 1. The van der Waals surface area contributed by atoms with Crippen molar-refractivity contribution in [3.8, 4) is 0 Å². The molecule has 4 heteroatoms. The molecule has 1 aromatic rings. The number of nitrogens with one attached hydrogen (secondary N) is 1. The van der Waals surface area contributed by atoms with E-state index in [4.69, 9.17) is 0 Å². The van der Waals surface area contributed by atoms with Gasteiger partial charge in [-0.05, 0) is 19.8 Å². The van der Waals surface area contributed by atoms with E-state index < -0.39 is 0 Å². The van der Waals surface area contributed by atoms with Gasteiger partial charge < -0.3 is 5.32 Å². The minimum atomic E-state index is 0.313. The van der Waals surface area contributed by atoms with E-state index in [1.54, 1.807) is 0 Å². The summed E-state index contributed by atoms with van der Waals surface area (Å²) in [5.74, 6) is 1.38. The minimum absolute atomic E-state index is 0.313. The number of rotatable bonds is 3. The molecule has 0 unspecified atom stereocenters. The van der Waals surface area contributed by atoms with Crippen LogP contribution in [0.15, 0.2) is 0 Å². The highest BCUT2D eigenvalue weighted by Crippen LogP contribution is 2.38. The first-order valence-electron chi connectivity index (χ1n) is 4.71. The molecule has 13 heavy (non-hydrogen) atoms. The van der Waals surface area contributed by atoms with E-state index in [-0.39, 0.29) is 0 Å². The van der Waals surface area contributed by atoms with Crippen LogP contribution in [0.5, 0.6) is 0 Å². The third kappa shape index (κ3) is 1.99. The lowest BCUT2D eigenvalue weighted by atomic mass is 10.2. The number of nitrogens with zero attached hydrogens (tertiary/aromatic N) is 2. The van der Waals surface area contributed by atoms with E-state index in [9.17, 15) is 0 Å². The molecule has 1 aliphatic carbocycles. The zero-order valence-corrected chi connectivity index (χ0v) is 9.11. The van der Waals surface area contributed by atoms with Crippen molar-refractivity contribution < 1.29 is 0 Å². The molecule has 2 rings (SSSR count). The lowest BCUT2D eigenvalue weighted by Gasteiger charge is -2.07. The first-order valence-corrected chi connectivity index (χ1v) is 5.48. The minimum Gasteiger partial charge on any atom is -0.355 e. The lowest BCUT2D eigenvalue weighted by molar-refractivity contribution is 0.788. The van der Waals surface area contributed by atoms with Gasteiger partial charge in [-0.3, -0.25) is 0 Å². The van der Waals surface area contributed by atoms with E-state index >= 15 is 0 Å². The van der Waals surface area contributed by atoms with Crippen LogP contribution in [0.3, 0.4) is 0 Å². The summed E-state index contributed by atoms with van der Waals surface area (Å²) >= 11 is 1.47. The fourth-order valence-corrected chi connectivity index (χ4v) is 1.95. The molecule has 1 saturated carbocycles. The smallest absolute Gasteiger partial charge is 0.203 e. The predicted molar refractivity (Wildman–Crippen MR) is 55.3 cm³/mol. The van der Waals surface area contributed by atoms with Crippen molar-refractivity contribution in [3.63, 3.8) is 0 Å². The van der Waals surface area contributed by atoms with Crippen molar-refractivity contribution in [1.29, 1.82) is 0 Å². The zero-order chi connectivity index (χ0) is 9.47. The van der Waals surface area contributed by atoms with Crippen molar-refractivity contribution >= 4 is 16.7 Å². The van der Waals surface area contributed by atoms with Gasteiger partial charge in [-0.25, -0.2) is 4.98 Å². The van der Waals surface area contributed by atoms with E-state index in [1.807, 2.05) is 0 Å². The standard InChI is InChI=1S/C9H15N3S/c1-6(2)7-10-8(13-12-7)11-9(3)4-5-9/h6H,4-5H2,1-3H3,(H,10,11,12). The van der Waals surface area contributed by atoms with Crippen LogP contribution in [-0.4, -0.2) is 14.9 Å². The molecule has 0 radical (unpaired) electrons. The van der Waals surface area contributed by atoms with Gasteiger partial charge in [0.1, 0.15) is 5.82 Å². The maximum Gasteiger partial charge on any atom is 0.203 e. The van der Waals surface area contributed by atoms with Crippen LogP contribution >= 0.6 is 11.5 Å². The number of hydrogen-bond acceptors (Lipinski definition) is 4. The average molecular weight is 197 g/mol. The molecule has 1 fully saturated rings. The average Bonchev–Trinajstić information content (AvgIpc) is 2.62. The SMILES string of the molecule is CC(C)c1nsc(NC2(C)CC2)n1. The molecule has 0 bridgehead atoms. The summed E-state index contributed by atoms with van der Waals surface area (Å²) in [7, 11) is 0. The van der Waals surface area contributed by atoms with Gasteiger partial charge in [0, 0.05) is 23.0 Å². The zero-order valence-electron chi connectivity index (χ0n) is 8.29. The molecule has 1 aromatic heterocycles. The molecular weight excluding hydrogens is 182 g/mol. The predicted octanol–water partition coefficient (Wildman–Crippen LogP) is 2.63. The van der Waals surface area contributed by atoms with Gasteiger partial charge >= 0.3 is 0 Å². The molecular formula is C9H15N3S. The molecule has 72 valence electrons. The molecule has 0 aromatic carbocycles. The maximum absolute atomic E-state index is 4.43. The Hall–Kier alpha value is -0.640. The largest absolute Gasteiger partial charge is 0.355 e. The molecule has 0 saturated heterocycles. The molecule has 0 spiro atoms. The van der Waals surface area contributed by atoms with Crippen molar-refractivity contribution in [3.05, 3.63) is 5.82 Å². The fraction of sp³-hybridized carbons (Fsp3) is 0.778. The molecule has 1 aliphatic rings. The second-order valence-corrected chi connectivity index (χ2v) is 5.05. The Labute approximate surface area is 82.8 Å². The van der Waals surface area contributed by atoms with Crippen molar-refractivity contribution in [1.82, 2.24) is 9.36 Å². The lowest BCUT2D eigenvalue weighted by Crippen LogP contribution is -2.15. The summed E-state index contributed by atoms with van der Waals surface area (Å²) in [6.45, 7) is 6.46. The monoisotopic (exact) mass is 197 g/mol. The van der Waals surface area contributed by atoms with Crippen LogP contribution in [-0.2, 0) is 0 Å². The van der Waals surface area contributed by atoms with E-state index in [0.29, 0.717) is 11.5 Å². The Kier molecular flexibility index (Phi) is 2.02. The summed E-state index contributed by atoms with van der Waals surface area (Å²) in [6.07, 6.45) is 2.51. The number of anilines is 1. The summed E-state index contributed by atoms with van der Waals surface area (Å²) < 4.78 is 4.30. The van der Waals surface area contributed by atoms with Crippen LogP contribution in [0.4, 0.5) is 5.13 Å². The topological polar surface area (TPSA) is 37.8 Å².